The Kier molecular flexibility index (Phi) is 3.25. The van der Waals surface area contributed by atoms with Crippen molar-refractivity contribution >= 4 is 22.6 Å². The first kappa shape index (κ1) is 12.9. The SMILES string of the molecule is CCCC1(Cn2c(C(C)Cl)nc3cnccc32)CC1. The van der Waals surface area contributed by atoms with Crippen molar-refractivity contribution in [1.82, 2.24) is 14.5 Å². The molecular formula is C15H20ClN3. The molecule has 2 aromatic heterocycles. The minimum Gasteiger partial charge on any atom is -0.326 e. The standard InChI is InChI=1S/C15H20ClN3/c1-3-5-15(6-7-15)10-19-13-4-8-17-9-12(13)18-14(19)11(2)16/h4,8-9,11H,3,5-7,10H2,1-2H3. The van der Waals surface area contributed by atoms with Gasteiger partial charge < -0.3 is 4.57 Å². The summed E-state index contributed by atoms with van der Waals surface area (Å²) in [6.45, 7) is 5.31. The Hall–Kier alpha value is -1.09. The van der Waals surface area contributed by atoms with Crippen molar-refractivity contribution < 1.29 is 0 Å². The quantitative estimate of drug-likeness (QED) is 0.763. The van der Waals surface area contributed by atoms with E-state index in [1.807, 2.05) is 25.4 Å². The molecule has 0 aliphatic heterocycles. The zero-order valence-electron chi connectivity index (χ0n) is 11.6. The van der Waals surface area contributed by atoms with Gasteiger partial charge in [-0.2, -0.15) is 0 Å². The van der Waals surface area contributed by atoms with Gasteiger partial charge >= 0.3 is 0 Å². The van der Waals surface area contributed by atoms with E-state index in [4.69, 9.17) is 11.6 Å². The second kappa shape index (κ2) is 4.78. The van der Waals surface area contributed by atoms with E-state index in [1.54, 1.807) is 0 Å². The third-order valence-corrected chi connectivity index (χ3v) is 4.36. The largest absolute Gasteiger partial charge is 0.326 e. The molecule has 1 fully saturated rings. The highest BCUT2D eigenvalue weighted by molar-refractivity contribution is 6.20. The van der Waals surface area contributed by atoms with Crippen molar-refractivity contribution in [2.24, 2.45) is 5.41 Å². The number of aromatic nitrogens is 3. The highest BCUT2D eigenvalue weighted by atomic mass is 35.5. The normalized spacial score (nSPS) is 18.7. The van der Waals surface area contributed by atoms with Crippen LogP contribution in [-0.2, 0) is 6.54 Å². The number of halogens is 1. The van der Waals surface area contributed by atoms with Crippen molar-refractivity contribution in [3.05, 3.63) is 24.3 Å². The number of hydrogen-bond donors (Lipinski definition) is 0. The number of nitrogens with zero attached hydrogens (tertiary/aromatic N) is 3. The zero-order chi connectivity index (χ0) is 13.5. The molecule has 0 bridgehead atoms. The predicted molar refractivity (Wildman–Crippen MR) is 78.4 cm³/mol. The van der Waals surface area contributed by atoms with Crippen LogP contribution in [0.3, 0.4) is 0 Å². The van der Waals surface area contributed by atoms with Crippen LogP contribution in [0.15, 0.2) is 18.5 Å². The van der Waals surface area contributed by atoms with E-state index in [-0.39, 0.29) is 5.38 Å². The molecule has 0 spiro atoms. The second-order valence-electron chi connectivity index (χ2n) is 5.79. The third-order valence-electron chi connectivity index (χ3n) is 4.17. The topological polar surface area (TPSA) is 30.7 Å². The first-order chi connectivity index (χ1) is 9.15. The second-order valence-corrected chi connectivity index (χ2v) is 6.44. The number of fused-ring (bicyclic) bond motifs is 1. The van der Waals surface area contributed by atoms with E-state index in [9.17, 15) is 0 Å². The predicted octanol–water partition coefficient (Wildman–Crippen LogP) is 4.31. The fourth-order valence-corrected chi connectivity index (χ4v) is 3.17. The van der Waals surface area contributed by atoms with E-state index in [2.05, 4.69) is 21.5 Å². The average Bonchev–Trinajstić information content (AvgIpc) is 3.04. The molecule has 2 aromatic rings. The summed E-state index contributed by atoms with van der Waals surface area (Å²) in [6, 6.07) is 2.05. The Labute approximate surface area is 119 Å². The van der Waals surface area contributed by atoms with Gasteiger partial charge in [0, 0.05) is 12.7 Å². The van der Waals surface area contributed by atoms with Crippen LogP contribution in [-0.4, -0.2) is 14.5 Å². The number of rotatable bonds is 5. The van der Waals surface area contributed by atoms with Crippen molar-refractivity contribution in [3.8, 4) is 0 Å². The number of hydrogen-bond acceptors (Lipinski definition) is 2. The van der Waals surface area contributed by atoms with Crippen LogP contribution in [0.1, 0.15) is 50.7 Å². The fourth-order valence-electron chi connectivity index (χ4n) is 3.00. The van der Waals surface area contributed by atoms with E-state index >= 15 is 0 Å². The Balaban J connectivity index is 2.03. The molecule has 19 heavy (non-hydrogen) atoms. The molecule has 0 N–H and O–H groups in total. The minimum absolute atomic E-state index is 0.0650. The maximum Gasteiger partial charge on any atom is 0.127 e. The van der Waals surface area contributed by atoms with E-state index in [0.717, 1.165) is 17.9 Å². The van der Waals surface area contributed by atoms with Gasteiger partial charge in [0.25, 0.3) is 0 Å². The van der Waals surface area contributed by atoms with Gasteiger partial charge in [-0.3, -0.25) is 4.98 Å². The summed E-state index contributed by atoms with van der Waals surface area (Å²) >= 11 is 6.30. The lowest BCUT2D eigenvalue weighted by atomic mass is 10.0. The van der Waals surface area contributed by atoms with Crippen LogP contribution < -0.4 is 0 Å². The van der Waals surface area contributed by atoms with Crippen molar-refractivity contribution in [2.75, 3.05) is 0 Å². The zero-order valence-corrected chi connectivity index (χ0v) is 12.3. The molecule has 0 amide bonds. The van der Waals surface area contributed by atoms with Crippen LogP contribution >= 0.6 is 11.6 Å². The first-order valence-electron chi connectivity index (χ1n) is 7.09. The lowest BCUT2D eigenvalue weighted by Gasteiger charge is -2.18. The number of alkyl halides is 1. The Morgan fingerprint density at radius 2 is 2.26 bits per heavy atom. The molecule has 1 aliphatic carbocycles. The first-order valence-corrected chi connectivity index (χ1v) is 7.53. The van der Waals surface area contributed by atoms with Crippen LogP contribution in [0, 0.1) is 5.41 Å². The van der Waals surface area contributed by atoms with Crippen LogP contribution in [0.4, 0.5) is 0 Å². The van der Waals surface area contributed by atoms with Gasteiger partial charge in [-0.15, -0.1) is 11.6 Å². The lowest BCUT2D eigenvalue weighted by molar-refractivity contribution is 0.387. The average molecular weight is 278 g/mol. The molecule has 0 aromatic carbocycles. The molecule has 0 saturated heterocycles. The molecule has 1 unspecified atom stereocenters. The fraction of sp³-hybridized carbons (Fsp3) is 0.600. The molecule has 1 atom stereocenters. The van der Waals surface area contributed by atoms with Crippen LogP contribution in [0.5, 0.6) is 0 Å². The summed E-state index contributed by atoms with van der Waals surface area (Å²) in [4.78, 5) is 8.81. The molecule has 0 radical (unpaired) electrons. The van der Waals surface area contributed by atoms with Gasteiger partial charge in [0.15, 0.2) is 0 Å². The molecule has 1 aliphatic rings. The monoisotopic (exact) mass is 277 g/mol. The number of pyridine rings is 1. The Bertz CT molecular complexity index is 584. The van der Waals surface area contributed by atoms with Gasteiger partial charge in [0.1, 0.15) is 11.3 Å². The molecule has 3 nitrogen and oxygen atoms in total. The third kappa shape index (κ3) is 2.36. The Morgan fingerprint density at radius 1 is 1.47 bits per heavy atom. The van der Waals surface area contributed by atoms with Gasteiger partial charge in [0.05, 0.1) is 17.1 Å². The van der Waals surface area contributed by atoms with Crippen molar-refractivity contribution in [2.45, 2.75) is 51.5 Å². The maximum absolute atomic E-state index is 6.30. The van der Waals surface area contributed by atoms with Crippen LogP contribution in [0.2, 0.25) is 0 Å². The molecule has 102 valence electrons. The van der Waals surface area contributed by atoms with Gasteiger partial charge in [-0.1, -0.05) is 13.3 Å². The smallest absolute Gasteiger partial charge is 0.127 e. The maximum atomic E-state index is 6.30. The lowest BCUT2D eigenvalue weighted by Crippen LogP contribution is -2.14. The van der Waals surface area contributed by atoms with Crippen molar-refractivity contribution in [1.29, 1.82) is 0 Å². The van der Waals surface area contributed by atoms with Crippen LogP contribution in [0.25, 0.3) is 11.0 Å². The van der Waals surface area contributed by atoms with Gasteiger partial charge in [-0.05, 0) is 37.7 Å². The van der Waals surface area contributed by atoms with E-state index in [0.29, 0.717) is 5.41 Å². The Morgan fingerprint density at radius 3 is 2.89 bits per heavy atom. The summed E-state index contributed by atoms with van der Waals surface area (Å²) in [5.74, 6) is 0.979. The summed E-state index contributed by atoms with van der Waals surface area (Å²) in [6.07, 6.45) is 8.88. The molecular weight excluding hydrogens is 258 g/mol. The minimum atomic E-state index is -0.0650. The highest BCUT2D eigenvalue weighted by Crippen LogP contribution is 2.51. The molecule has 2 heterocycles. The molecule has 3 rings (SSSR count). The summed E-state index contributed by atoms with van der Waals surface area (Å²) in [5, 5.41) is -0.0650. The van der Waals surface area contributed by atoms with Crippen molar-refractivity contribution in [3.63, 3.8) is 0 Å². The van der Waals surface area contributed by atoms with Gasteiger partial charge in [0.2, 0.25) is 0 Å². The highest BCUT2D eigenvalue weighted by Gasteiger charge is 2.42. The summed E-state index contributed by atoms with van der Waals surface area (Å²) in [7, 11) is 0. The van der Waals surface area contributed by atoms with Gasteiger partial charge in [-0.25, -0.2) is 4.98 Å². The molecule has 4 heteroatoms. The number of imidazole rings is 1. The molecule has 1 saturated carbocycles. The summed E-state index contributed by atoms with van der Waals surface area (Å²) < 4.78 is 2.32. The summed E-state index contributed by atoms with van der Waals surface area (Å²) in [5.41, 5.74) is 2.61. The van der Waals surface area contributed by atoms with E-state index < -0.39 is 0 Å². The van der Waals surface area contributed by atoms with E-state index in [1.165, 1.54) is 31.2 Å².